The van der Waals surface area contributed by atoms with Gasteiger partial charge in [-0.3, -0.25) is 14.7 Å². The van der Waals surface area contributed by atoms with E-state index in [9.17, 15) is 14.0 Å². The van der Waals surface area contributed by atoms with Crippen LogP contribution < -0.4 is 5.32 Å². The van der Waals surface area contributed by atoms with Crippen LogP contribution in [0.5, 0.6) is 0 Å². The molecule has 2 amide bonds. The Kier molecular flexibility index (Phi) is 5.88. The van der Waals surface area contributed by atoms with Gasteiger partial charge in [-0.15, -0.1) is 0 Å². The Bertz CT molecular complexity index is 1040. The molecule has 0 unspecified atom stereocenters. The summed E-state index contributed by atoms with van der Waals surface area (Å²) >= 11 is 0. The maximum atomic E-state index is 14.8. The number of ether oxygens (including phenoxy) is 1. The molecule has 7 heteroatoms. The second kappa shape index (κ2) is 8.90. The Labute approximate surface area is 173 Å². The van der Waals surface area contributed by atoms with Crippen LogP contribution in [0.15, 0.2) is 66.9 Å². The summed E-state index contributed by atoms with van der Waals surface area (Å²) in [7, 11) is 0. The number of carbonyl (C=O) groups is 2. The first-order valence-electron chi connectivity index (χ1n) is 9.89. The number of halogens is 1. The molecule has 0 bridgehead atoms. The number of para-hydroxylation sites is 1. The predicted octanol–water partition coefficient (Wildman–Crippen LogP) is 4.31. The number of benzene rings is 2. The Hall–Kier alpha value is -3.48. The normalized spacial score (nSPS) is 18.8. The number of piperidine rings is 1. The number of hydrogen-bond donors (Lipinski definition) is 1. The van der Waals surface area contributed by atoms with Gasteiger partial charge in [-0.1, -0.05) is 48.5 Å². The lowest BCUT2D eigenvalue weighted by molar-refractivity contribution is -0.124. The van der Waals surface area contributed by atoms with Crippen molar-refractivity contribution in [3.05, 3.63) is 72.4 Å². The standard InChI is InChI=1S/C23H22FN3O3/c24-18-11-6-14-27(23(29)30-15-16-7-2-1-3-8-16)21(18)22(28)26-19-12-4-9-17-10-5-13-25-20(17)19/h1-5,7-10,12-13,18,21H,6,11,14-15H2,(H,26,28)/t18-,21+/m1/s1. The van der Waals surface area contributed by atoms with Crippen LogP contribution in [0.2, 0.25) is 0 Å². The van der Waals surface area contributed by atoms with Crippen molar-refractivity contribution in [1.29, 1.82) is 0 Å². The van der Waals surface area contributed by atoms with Crippen molar-refractivity contribution in [2.45, 2.75) is 31.7 Å². The Morgan fingerprint density at radius 3 is 2.73 bits per heavy atom. The summed E-state index contributed by atoms with van der Waals surface area (Å²) in [5, 5.41) is 3.61. The van der Waals surface area contributed by atoms with E-state index >= 15 is 0 Å². The average Bonchev–Trinajstić information content (AvgIpc) is 2.78. The summed E-state index contributed by atoms with van der Waals surface area (Å²) in [6, 6.07) is 17.0. The monoisotopic (exact) mass is 407 g/mol. The van der Waals surface area contributed by atoms with Gasteiger partial charge in [-0.05, 0) is 30.5 Å². The van der Waals surface area contributed by atoms with Gasteiger partial charge in [-0.2, -0.15) is 0 Å². The lowest BCUT2D eigenvalue weighted by Gasteiger charge is -2.36. The molecule has 2 aromatic carbocycles. The lowest BCUT2D eigenvalue weighted by atomic mass is 9.99. The average molecular weight is 407 g/mol. The van der Waals surface area contributed by atoms with Crippen LogP contribution in [0.25, 0.3) is 10.9 Å². The number of pyridine rings is 1. The van der Waals surface area contributed by atoms with Gasteiger partial charge >= 0.3 is 6.09 Å². The molecule has 3 aromatic rings. The summed E-state index contributed by atoms with van der Waals surface area (Å²) in [6.07, 6.45) is 0.155. The molecule has 1 N–H and O–H groups in total. The number of fused-ring (bicyclic) bond motifs is 1. The maximum absolute atomic E-state index is 14.8. The van der Waals surface area contributed by atoms with E-state index in [0.717, 1.165) is 10.9 Å². The van der Waals surface area contributed by atoms with E-state index in [1.165, 1.54) is 4.90 Å². The zero-order valence-corrected chi connectivity index (χ0v) is 16.3. The van der Waals surface area contributed by atoms with Gasteiger partial charge in [0.05, 0.1) is 11.2 Å². The van der Waals surface area contributed by atoms with Gasteiger partial charge in [0.2, 0.25) is 5.91 Å². The van der Waals surface area contributed by atoms with Crippen LogP contribution in [0.3, 0.4) is 0 Å². The first-order valence-corrected chi connectivity index (χ1v) is 9.89. The molecule has 0 saturated carbocycles. The molecule has 1 saturated heterocycles. The van der Waals surface area contributed by atoms with Gasteiger partial charge in [0.1, 0.15) is 18.8 Å². The molecule has 2 atom stereocenters. The first-order chi connectivity index (χ1) is 14.6. The summed E-state index contributed by atoms with van der Waals surface area (Å²) < 4.78 is 20.1. The highest BCUT2D eigenvalue weighted by molar-refractivity contribution is 6.03. The van der Waals surface area contributed by atoms with E-state index in [1.807, 2.05) is 42.5 Å². The highest BCUT2D eigenvalue weighted by atomic mass is 19.1. The Morgan fingerprint density at radius 1 is 1.10 bits per heavy atom. The number of amides is 2. The highest BCUT2D eigenvalue weighted by Crippen LogP contribution is 2.25. The van der Waals surface area contributed by atoms with Crippen molar-refractivity contribution in [2.24, 2.45) is 0 Å². The molecule has 1 aliphatic heterocycles. The third-order valence-electron chi connectivity index (χ3n) is 5.16. The fourth-order valence-corrected chi connectivity index (χ4v) is 3.67. The molecule has 6 nitrogen and oxygen atoms in total. The van der Waals surface area contributed by atoms with Crippen molar-refractivity contribution >= 4 is 28.6 Å². The molecular formula is C23H22FN3O3. The second-order valence-electron chi connectivity index (χ2n) is 7.21. The van der Waals surface area contributed by atoms with Gasteiger partial charge in [-0.25, -0.2) is 9.18 Å². The van der Waals surface area contributed by atoms with Gasteiger partial charge in [0.25, 0.3) is 0 Å². The third-order valence-corrected chi connectivity index (χ3v) is 5.16. The molecule has 0 radical (unpaired) electrons. The summed E-state index contributed by atoms with van der Waals surface area (Å²) in [4.78, 5) is 31.1. The number of anilines is 1. The van der Waals surface area contributed by atoms with E-state index in [4.69, 9.17) is 4.74 Å². The van der Waals surface area contributed by atoms with Crippen LogP contribution >= 0.6 is 0 Å². The molecule has 4 rings (SSSR count). The number of alkyl halides is 1. The van der Waals surface area contributed by atoms with E-state index in [0.29, 0.717) is 17.6 Å². The number of nitrogens with one attached hydrogen (secondary N) is 1. The van der Waals surface area contributed by atoms with Crippen molar-refractivity contribution in [3.63, 3.8) is 0 Å². The number of rotatable bonds is 4. The zero-order chi connectivity index (χ0) is 20.9. The minimum Gasteiger partial charge on any atom is -0.445 e. The van der Waals surface area contributed by atoms with Crippen molar-refractivity contribution < 1.29 is 18.7 Å². The molecule has 1 aliphatic rings. The van der Waals surface area contributed by atoms with Crippen LogP contribution in [-0.4, -0.2) is 40.6 Å². The van der Waals surface area contributed by atoms with E-state index in [1.54, 1.807) is 24.4 Å². The Morgan fingerprint density at radius 2 is 1.90 bits per heavy atom. The van der Waals surface area contributed by atoms with Gasteiger partial charge in [0.15, 0.2) is 0 Å². The lowest BCUT2D eigenvalue weighted by Crippen LogP contribution is -2.55. The quantitative estimate of drug-likeness (QED) is 0.700. The number of aromatic nitrogens is 1. The largest absolute Gasteiger partial charge is 0.445 e. The van der Waals surface area contributed by atoms with Crippen LogP contribution in [0.4, 0.5) is 14.9 Å². The molecule has 1 aromatic heterocycles. The molecule has 2 heterocycles. The topological polar surface area (TPSA) is 71.5 Å². The van der Waals surface area contributed by atoms with E-state index < -0.39 is 24.2 Å². The summed E-state index contributed by atoms with van der Waals surface area (Å²) in [5.74, 6) is -0.586. The molecular weight excluding hydrogens is 385 g/mol. The number of likely N-dealkylation sites (tertiary alicyclic amines) is 1. The van der Waals surface area contributed by atoms with E-state index in [2.05, 4.69) is 10.3 Å². The minimum absolute atomic E-state index is 0.0642. The van der Waals surface area contributed by atoms with Gasteiger partial charge in [0, 0.05) is 18.1 Å². The van der Waals surface area contributed by atoms with Gasteiger partial charge < -0.3 is 10.1 Å². The SMILES string of the molecule is O=C(Nc1cccc2cccnc12)[C@@H]1[C@H](F)CCCN1C(=O)OCc1ccccc1. The zero-order valence-electron chi connectivity index (χ0n) is 16.3. The first kappa shape index (κ1) is 19.8. The fourth-order valence-electron chi connectivity index (χ4n) is 3.67. The molecule has 0 aliphatic carbocycles. The molecule has 0 spiro atoms. The second-order valence-corrected chi connectivity index (χ2v) is 7.21. The fraction of sp³-hybridized carbons (Fsp3) is 0.261. The predicted molar refractivity (Wildman–Crippen MR) is 112 cm³/mol. The Balaban J connectivity index is 1.50. The molecule has 30 heavy (non-hydrogen) atoms. The highest BCUT2D eigenvalue weighted by Gasteiger charge is 2.40. The van der Waals surface area contributed by atoms with Crippen molar-refractivity contribution in [3.8, 4) is 0 Å². The minimum atomic E-state index is -1.47. The van der Waals surface area contributed by atoms with Crippen LogP contribution in [0, 0.1) is 0 Å². The smallest absolute Gasteiger partial charge is 0.410 e. The summed E-state index contributed by atoms with van der Waals surface area (Å²) in [5.41, 5.74) is 1.91. The number of carbonyl (C=O) groups excluding carboxylic acids is 2. The molecule has 154 valence electrons. The van der Waals surface area contributed by atoms with Crippen LogP contribution in [0.1, 0.15) is 18.4 Å². The third kappa shape index (κ3) is 4.25. The number of hydrogen-bond acceptors (Lipinski definition) is 4. The maximum Gasteiger partial charge on any atom is 0.410 e. The summed E-state index contributed by atoms with van der Waals surface area (Å²) in [6.45, 7) is 0.328. The van der Waals surface area contributed by atoms with Crippen molar-refractivity contribution in [1.82, 2.24) is 9.88 Å². The molecule has 1 fully saturated rings. The van der Waals surface area contributed by atoms with Crippen LogP contribution in [-0.2, 0) is 16.1 Å². The van der Waals surface area contributed by atoms with Crippen molar-refractivity contribution in [2.75, 3.05) is 11.9 Å². The van der Waals surface area contributed by atoms with E-state index in [-0.39, 0.29) is 19.6 Å². The number of nitrogens with zero attached hydrogens (tertiary/aromatic N) is 2.